The Balaban J connectivity index is 2.09. The fourth-order valence-corrected chi connectivity index (χ4v) is 2.94. The molecule has 0 fully saturated rings. The molecule has 9 heteroatoms. The van der Waals surface area contributed by atoms with Crippen molar-refractivity contribution in [3.8, 4) is 5.75 Å². The lowest BCUT2D eigenvalue weighted by atomic mass is 10.2. The van der Waals surface area contributed by atoms with Crippen molar-refractivity contribution in [2.24, 2.45) is 0 Å². The van der Waals surface area contributed by atoms with Gasteiger partial charge < -0.3 is 9.64 Å². The number of carbonyl (C=O) groups excluding carboxylic acids is 2. The van der Waals surface area contributed by atoms with Crippen molar-refractivity contribution in [2.45, 2.75) is 9.73 Å². The minimum atomic E-state index is -3.33. The summed E-state index contributed by atoms with van der Waals surface area (Å²) in [5, 5.41) is 0. The highest BCUT2D eigenvalue weighted by Crippen LogP contribution is 2.21. The first-order valence-electron chi connectivity index (χ1n) is 7.27. The SMILES string of the molecule is CN(C(=O)C(Cl)Cl)c1ccc(OC(=O)c2ccc(S(C)(=O)=O)cc2)cc1. The lowest BCUT2D eigenvalue weighted by Gasteiger charge is -2.18. The molecule has 2 aromatic rings. The van der Waals surface area contributed by atoms with Gasteiger partial charge in [0.2, 0.25) is 0 Å². The van der Waals surface area contributed by atoms with Gasteiger partial charge in [0.05, 0.1) is 10.5 Å². The van der Waals surface area contributed by atoms with E-state index in [-0.39, 0.29) is 16.2 Å². The summed E-state index contributed by atoms with van der Waals surface area (Å²) in [6, 6.07) is 11.6. The van der Waals surface area contributed by atoms with E-state index in [1.54, 1.807) is 12.1 Å². The van der Waals surface area contributed by atoms with Crippen LogP contribution in [0.2, 0.25) is 0 Å². The number of anilines is 1. The van der Waals surface area contributed by atoms with Crippen LogP contribution < -0.4 is 9.64 Å². The van der Waals surface area contributed by atoms with Crippen LogP contribution in [0, 0.1) is 0 Å². The molecule has 0 aliphatic heterocycles. The molecule has 0 spiro atoms. The summed E-state index contributed by atoms with van der Waals surface area (Å²) in [4.78, 5) is 24.1. The van der Waals surface area contributed by atoms with Crippen molar-refractivity contribution in [2.75, 3.05) is 18.2 Å². The van der Waals surface area contributed by atoms with Crippen LogP contribution in [0.15, 0.2) is 53.4 Å². The molecule has 0 aliphatic carbocycles. The van der Waals surface area contributed by atoms with Gasteiger partial charge in [0.15, 0.2) is 14.7 Å². The molecular formula is C17H15Cl2NO5S. The second-order valence-electron chi connectivity index (χ2n) is 5.38. The minimum Gasteiger partial charge on any atom is -0.423 e. The second-order valence-corrected chi connectivity index (χ2v) is 8.49. The lowest BCUT2D eigenvalue weighted by Crippen LogP contribution is -2.30. The van der Waals surface area contributed by atoms with E-state index >= 15 is 0 Å². The van der Waals surface area contributed by atoms with Crippen molar-refractivity contribution in [3.05, 3.63) is 54.1 Å². The van der Waals surface area contributed by atoms with Crippen LogP contribution in [-0.4, -0.2) is 38.4 Å². The first-order valence-corrected chi connectivity index (χ1v) is 10.0. The maximum atomic E-state index is 12.1. The number of ether oxygens (including phenoxy) is 1. The third-order valence-corrected chi connectivity index (χ3v) is 4.97. The molecule has 0 aliphatic rings. The molecule has 0 unspecified atom stereocenters. The van der Waals surface area contributed by atoms with Crippen molar-refractivity contribution in [3.63, 3.8) is 0 Å². The molecule has 26 heavy (non-hydrogen) atoms. The van der Waals surface area contributed by atoms with E-state index in [9.17, 15) is 18.0 Å². The average molecular weight is 416 g/mol. The van der Waals surface area contributed by atoms with Crippen LogP contribution in [0.5, 0.6) is 5.75 Å². The first kappa shape index (κ1) is 20.2. The Morgan fingerprint density at radius 3 is 2.00 bits per heavy atom. The van der Waals surface area contributed by atoms with Crippen molar-refractivity contribution < 1.29 is 22.7 Å². The van der Waals surface area contributed by atoms with E-state index in [4.69, 9.17) is 27.9 Å². The number of rotatable bonds is 5. The molecule has 6 nitrogen and oxygen atoms in total. The quantitative estimate of drug-likeness (QED) is 0.425. The number of hydrogen-bond donors (Lipinski definition) is 0. The van der Waals surface area contributed by atoms with Crippen molar-refractivity contribution in [1.82, 2.24) is 0 Å². The van der Waals surface area contributed by atoms with Crippen LogP contribution >= 0.6 is 23.2 Å². The lowest BCUT2D eigenvalue weighted by molar-refractivity contribution is -0.116. The Morgan fingerprint density at radius 2 is 1.54 bits per heavy atom. The maximum Gasteiger partial charge on any atom is 0.343 e. The van der Waals surface area contributed by atoms with E-state index in [1.807, 2.05) is 0 Å². The number of nitrogens with zero attached hydrogens (tertiary/aromatic N) is 1. The Kier molecular flexibility index (Phi) is 6.28. The molecule has 0 N–H and O–H groups in total. The highest BCUT2D eigenvalue weighted by molar-refractivity contribution is 7.90. The summed E-state index contributed by atoms with van der Waals surface area (Å²) >= 11 is 11.1. The number of esters is 1. The third kappa shape index (κ3) is 4.97. The number of sulfone groups is 1. The largest absolute Gasteiger partial charge is 0.423 e. The van der Waals surface area contributed by atoms with Gasteiger partial charge in [0, 0.05) is 19.0 Å². The van der Waals surface area contributed by atoms with Gasteiger partial charge in [0.1, 0.15) is 5.75 Å². The zero-order valence-corrected chi connectivity index (χ0v) is 16.2. The van der Waals surface area contributed by atoms with Crippen molar-refractivity contribution >= 4 is 50.6 Å². The number of halogens is 2. The van der Waals surface area contributed by atoms with Gasteiger partial charge in [-0.2, -0.15) is 0 Å². The van der Waals surface area contributed by atoms with Gasteiger partial charge in [-0.05, 0) is 48.5 Å². The first-order chi connectivity index (χ1) is 12.1. The predicted molar refractivity (Wildman–Crippen MR) is 99.9 cm³/mol. The Hall–Kier alpha value is -2.09. The van der Waals surface area contributed by atoms with Crippen molar-refractivity contribution in [1.29, 1.82) is 0 Å². The molecule has 0 saturated carbocycles. The number of alkyl halides is 2. The Bertz CT molecular complexity index is 909. The maximum absolute atomic E-state index is 12.1. The van der Waals surface area contributed by atoms with Gasteiger partial charge in [0.25, 0.3) is 5.91 Å². The van der Waals surface area contributed by atoms with Crippen LogP contribution in [0.4, 0.5) is 5.69 Å². The fraction of sp³-hybridized carbons (Fsp3) is 0.176. The van der Waals surface area contributed by atoms with E-state index in [0.29, 0.717) is 5.69 Å². The van der Waals surface area contributed by atoms with Gasteiger partial charge in [-0.25, -0.2) is 13.2 Å². The van der Waals surface area contributed by atoms with Crippen LogP contribution in [0.25, 0.3) is 0 Å². The van der Waals surface area contributed by atoms with Gasteiger partial charge in [-0.3, -0.25) is 4.79 Å². The fourth-order valence-electron chi connectivity index (χ4n) is 2.02. The molecule has 138 valence electrons. The Labute approximate surface area is 161 Å². The summed E-state index contributed by atoms with van der Waals surface area (Å²) in [6.45, 7) is 0. The molecule has 1 amide bonds. The smallest absolute Gasteiger partial charge is 0.343 e. The predicted octanol–water partition coefficient (Wildman–Crippen LogP) is 3.08. The minimum absolute atomic E-state index is 0.114. The average Bonchev–Trinajstić information content (AvgIpc) is 2.60. The molecule has 0 radical (unpaired) electrons. The summed E-state index contributed by atoms with van der Waals surface area (Å²) in [5.74, 6) is -0.854. The van der Waals surface area contributed by atoms with E-state index in [0.717, 1.165) is 6.26 Å². The molecular weight excluding hydrogens is 401 g/mol. The Morgan fingerprint density at radius 1 is 1.00 bits per heavy atom. The molecule has 2 aromatic carbocycles. The van der Waals surface area contributed by atoms with Crippen LogP contribution in [-0.2, 0) is 14.6 Å². The molecule has 0 heterocycles. The normalized spacial score (nSPS) is 11.3. The summed E-state index contributed by atoms with van der Waals surface area (Å²) in [5.41, 5.74) is 0.736. The second kappa shape index (κ2) is 8.07. The van der Waals surface area contributed by atoms with Gasteiger partial charge >= 0.3 is 5.97 Å². The highest BCUT2D eigenvalue weighted by atomic mass is 35.5. The van der Waals surface area contributed by atoms with E-state index < -0.39 is 26.6 Å². The molecule has 2 rings (SSSR count). The monoisotopic (exact) mass is 415 g/mol. The summed E-state index contributed by atoms with van der Waals surface area (Å²) < 4.78 is 28.1. The zero-order valence-electron chi connectivity index (χ0n) is 13.8. The molecule has 0 aromatic heterocycles. The number of benzene rings is 2. The third-order valence-electron chi connectivity index (χ3n) is 3.47. The number of hydrogen-bond acceptors (Lipinski definition) is 5. The topological polar surface area (TPSA) is 80.8 Å². The molecule has 0 saturated heterocycles. The van der Waals surface area contributed by atoms with Gasteiger partial charge in [-0.15, -0.1) is 0 Å². The standard InChI is InChI=1S/C17H15Cl2NO5S/c1-20(16(21)15(18)19)12-5-7-13(8-6-12)25-17(22)11-3-9-14(10-4-11)26(2,23)24/h3-10,15H,1-2H3. The molecule has 0 atom stereocenters. The van der Waals surface area contributed by atoms with E-state index in [2.05, 4.69) is 0 Å². The summed E-state index contributed by atoms with van der Waals surface area (Å²) in [6.07, 6.45) is 1.08. The molecule has 0 bridgehead atoms. The zero-order chi connectivity index (χ0) is 19.5. The number of amides is 1. The highest BCUT2D eigenvalue weighted by Gasteiger charge is 2.18. The van der Waals surface area contributed by atoms with Gasteiger partial charge in [-0.1, -0.05) is 23.2 Å². The number of carbonyl (C=O) groups is 2. The van der Waals surface area contributed by atoms with E-state index in [1.165, 1.54) is 48.3 Å². The summed E-state index contributed by atoms with van der Waals surface area (Å²) in [7, 11) is -1.82. The van der Waals surface area contributed by atoms with Crippen LogP contribution in [0.3, 0.4) is 0 Å². The van der Waals surface area contributed by atoms with Crippen LogP contribution in [0.1, 0.15) is 10.4 Å².